The topological polar surface area (TPSA) is 23.6 Å². The first kappa shape index (κ1) is 17.5. The van der Waals surface area contributed by atoms with Crippen LogP contribution in [0.2, 0.25) is 0 Å². The van der Waals surface area contributed by atoms with E-state index in [4.69, 9.17) is 0 Å². The predicted octanol–water partition coefficient (Wildman–Crippen LogP) is 3.39. The highest BCUT2D eigenvalue weighted by Crippen LogP contribution is 2.29. The standard InChI is InChI=1S/C19H19F3N2O/c20-19(21,22)16-6-4-5-15(13-16)14-23-9-11-24(12-10-23)17-7-2-1-3-8-18(17)25/h1-8,13H,9-12,14H2. The molecule has 3 rings (SSSR count). The molecule has 132 valence electrons. The summed E-state index contributed by atoms with van der Waals surface area (Å²) in [5, 5.41) is 0. The molecule has 0 unspecified atom stereocenters. The maximum atomic E-state index is 12.8. The molecule has 0 saturated carbocycles. The Morgan fingerprint density at radius 3 is 2.32 bits per heavy atom. The third-order valence-electron chi connectivity index (χ3n) is 4.35. The van der Waals surface area contributed by atoms with Gasteiger partial charge in [-0.25, -0.2) is 0 Å². The van der Waals surface area contributed by atoms with E-state index >= 15 is 0 Å². The van der Waals surface area contributed by atoms with Crippen molar-refractivity contribution in [3.05, 3.63) is 75.9 Å². The van der Waals surface area contributed by atoms with Crippen molar-refractivity contribution in [2.24, 2.45) is 0 Å². The van der Waals surface area contributed by atoms with Gasteiger partial charge in [0.15, 0.2) is 0 Å². The van der Waals surface area contributed by atoms with Crippen LogP contribution in [0.15, 0.2) is 59.4 Å². The number of hydrogen-bond acceptors (Lipinski definition) is 3. The SMILES string of the molecule is O=c1cccccc1N1CCN(Cc2cccc(C(F)(F)F)c2)CC1. The molecule has 0 bridgehead atoms. The van der Waals surface area contributed by atoms with Gasteiger partial charge in [0.25, 0.3) is 0 Å². The van der Waals surface area contributed by atoms with Crippen molar-refractivity contribution >= 4 is 5.69 Å². The number of alkyl halides is 3. The molecule has 2 aromatic carbocycles. The number of piperazine rings is 1. The fourth-order valence-corrected chi connectivity index (χ4v) is 3.03. The van der Waals surface area contributed by atoms with Crippen LogP contribution < -0.4 is 10.3 Å². The average molecular weight is 348 g/mol. The summed E-state index contributed by atoms with van der Waals surface area (Å²) in [6.45, 7) is 3.24. The molecule has 1 heterocycles. The van der Waals surface area contributed by atoms with E-state index in [1.54, 1.807) is 18.2 Å². The van der Waals surface area contributed by atoms with Gasteiger partial charge < -0.3 is 4.90 Å². The van der Waals surface area contributed by atoms with Crippen LogP contribution in [-0.4, -0.2) is 31.1 Å². The van der Waals surface area contributed by atoms with Crippen molar-refractivity contribution in [3.8, 4) is 0 Å². The number of benzene rings is 1. The molecule has 3 nitrogen and oxygen atoms in total. The first-order valence-corrected chi connectivity index (χ1v) is 8.16. The normalized spacial score (nSPS) is 16.0. The lowest BCUT2D eigenvalue weighted by molar-refractivity contribution is -0.137. The number of rotatable bonds is 3. The van der Waals surface area contributed by atoms with Gasteiger partial charge in [-0.05, 0) is 23.8 Å². The molecule has 0 spiro atoms. The van der Waals surface area contributed by atoms with Crippen LogP contribution in [0.4, 0.5) is 18.9 Å². The molecule has 0 atom stereocenters. The smallest absolute Gasteiger partial charge is 0.366 e. The zero-order valence-corrected chi connectivity index (χ0v) is 13.7. The summed E-state index contributed by atoms with van der Waals surface area (Å²) in [5.41, 5.74) is 0.690. The van der Waals surface area contributed by atoms with Gasteiger partial charge in [-0.3, -0.25) is 9.69 Å². The first-order chi connectivity index (χ1) is 11.9. The van der Waals surface area contributed by atoms with Crippen LogP contribution in [-0.2, 0) is 12.7 Å². The van der Waals surface area contributed by atoms with Gasteiger partial charge in [0.2, 0.25) is 5.43 Å². The minimum absolute atomic E-state index is 0.0173. The fourth-order valence-electron chi connectivity index (χ4n) is 3.03. The maximum absolute atomic E-state index is 12.8. The van der Waals surface area contributed by atoms with Gasteiger partial charge in [0.05, 0.1) is 11.3 Å². The molecule has 25 heavy (non-hydrogen) atoms. The molecule has 1 saturated heterocycles. The van der Waals surface area contributed by atoms with E-state index in [-0.39, 0.29) is 5.43 Å². The number of nitrogens with zero attached hydrogens (tertiary/aromatic N) is 2. The minimum Gasteiger partial charge on any atom is -0.366 e. The van der Waals surface area contributed by atoms with Crippen LogP contribution in [0.5, 0.6) is 0 Å². The number of anilines is 1. The van der Waals surface area contributed by atoms with E-state index in [2.05, 4.69) is 4.90 Å². The highest BCUT2D eigenvalue weighted by atomic mass is 19.4. The Bertz CT molecular complexity index is 784. The summed E-state index contributed by atoms with van der Waals surface area (Å²) in [4.78, 5) is 16.2. The second-order valence-corrected chi connectivity index (χ2v) is 6.12. The van der Waals surface area contributed by atoms with E-state index < -0.39 is 11.7 Å². The van der Waals surface area contributed by atoms with Crippen molar-refractivity contribution < 1.29 is 13.2 Å². The molecular formula is C19H19F3N2O. The summed E-state index contributed by atoms with van der Waals surface area (Å²) in [5.74, 6) is 0. The molecule has 1 fully saturated rings. The van der Waals surface area contributed by atoms with Gasteiger partial charge in [-0.15, -0.1) is 0 Å². The molecule has 2 aromatic rings. The van der Waals surface area contributed by atoms with Gasteiger partial charge in [0.1, 0.15) is 0 Å². The van der Waals surface area contributed by atoms with Gasteiger partial charge in [-0.1, -0.05) is 36.4 Å². The molecule has 1 aliphatic rings. The van der Waals surface area contributed by atoms with E-state index in [0.717, 1.165) is 6.07 Å². The van der Waals surface area contributed by atoms with E-state index in [1.807, 2.05) is 23.1 Å². The first-order valence-electron chi connectivity index (χ1n) is 8.16. The zero-order chi connectivity index (χ0) is 17.9. The van der Waals surface area contributed by atoms with Crippen LogP contribution in [0.1, 0.15) is 11.1 Å². The Balaban J connectivity index is 1.64. The zero-order valence-electron chi connectivity index (χ0n) is 13.7. The Morgan fingerprint density at radius 2 is 1.60 bits per heavy atom. The maximum Gasteiger partial charge on any atom is 0.416 e. The highest BCUT2D eigenvalue weighted by Gasteiger charge is 2.30. The monoisotopic (exact) mass is 348 g/mol. The van der Waals surface area contributed by atoms with Crippen LogP contribution in [0, 0.1) is 0 Å². The van der Waals surface area contributed by atoms with Crippen LogP contribution >= 0.6 is 0 Å². The summed E-state index contributed by atoms with van der Waals surface area (Å²) < 4.78 is 38.4. The van der Waals surface area contributed by atoms with Crippen LogP contribution in [0.3, 0.4) is 0 Å². The lowest BCUT2D eigenvalue weighted by atomic mass is 10.1. The van der Waals surface area contributed by atoms with Crippen molar-refractivity contribution in [1.82, 2.24) is 4.90 Å². The lowest BCUT2D eigenvalue weighted by Crippen LogP contribution is -2.47. The summed E-state index contributed by atoms with van der Waals surface area (Å²) in [6, 6.07) is 14.2. The van der Waals surface area contributed by atoms with Crippen molar-refractivity contribution in [1.29, 1.82) is 0 Å². The van der Waals surface area contributed by atoms with Gasteiger partial charge >= 0.3 is 6.18 Å². The second kappa shape index (κ2) is 7.27. The summed E-state index contributed by atoms with van der Waals surface area (Å²) >= 11 is 0. The molecule has 0 aromatic heterocycles. The van der Waals surface area contributed by atoms with E-state index in [0.29, 0.717) is 44.0 Å². The van der Waals surface area contributed by atoms with E-state index in [9.17, 15) is 18.0 Å². The highest BCUT2D eigenvalue weighted by molar-refractivity contribution is 5.45. The second-order valence-electron chi connectivity index (χ2n) is 6.12. The molecule has 1 aliphatic heterocycles. The average Bonchev–Trinajstić information content (AvgIpc) is 2.80. The van der Waals surface area contributed by atoms with Gasteiger partial charge in [-0.2, -0.15) is 13.2 Å². The molecule has 0 N–H and O–H groups in total. The van der Waals surface area contributed by atoms with Crippen molar-refractivity contribution in [3.63, 3.8) is 0 Å². The fraction of sp³-hybridized carbons (Fsp3) is 0.316. The van der Waals surface area contributed by atoms with Crippen LogP contribution in [0.25, 0.3) is 0 Å². The third kappa shape index (κ3) is 4.39. The lowest BCUT2D eigenvalue weighted by Gasteiger charge is -2.35. The summed E-state index contributed by atoms with van der Waals surface area (Å²) in [7, 11) is 0. The molecule has 0 aliphatic carbocycles. The predicted molar refractivity (Wildman–Crippen MR) is 91.6 cm³/mol. The third-order valence-corrected chi connectivity index (χ3v) is 4.35. The Labute approximate surface area is 144 Å². The number of hydrogen-bond donors (Lipinski definition) is 0. The minimum atomic E-state index is -4.32. The summed E-state index contributed by atoms with van der Waals surface area (Å²) in [6.07, 6.45) is -4.32. The Morgan fingerprint density at radius 1 is 0.880 bits per heavy atom. The molecule has 0 radical (unpaired) electrons. The largest absolute Gasteiger partial charge is 0.416 e. The Hall–Kier alpha value is -2.34. The van der Waals surface area contributed by atoms with E-state index in [1.165, 1.54) is 12.1 Å². The molecule has 0 amide bonds. The number of halogens is 3. The van der Waals surface area contributed by atoms with Crippen molar-refractivity contribution in [2.75, 3.05) is 31.1 Å². The van der Waals surface area contributed by atoms with Gasteiger partial charge in [0, 0.05) is 32.7 Å². The van der Waals surface area contributed by atoms with Crippen molar-refractivity contribution in [2.45, 2.75) is 12.7 Å². The quantitative estimate of drug-likeness (QED) is 0.850. The Kier molecular flexibility index (Phi) is 5.08. The molecule has 6 heteroatoms. The molecular weight excluding hydrogens is 329 g/mol.